The standard InChI is InChI=1S/C13H14F6N2.2ClH/c14-10-2-1-8(13(17,18)19)7-9(10)11(12(15)16)21-5-3-20-4-6-21;;/h1-2,7,11-12,20H,3-6H2;2*1H/t11-;;/m1../s1. The number of hydrogen-bond acceptors (Lipinski definition) is 2. The highest BCUT2D eigenvalue weighted by molar-refractivity contribution is 5.85. The number of alkyl halides is 5. The highest BCUT2D eigenvalue weighted by Gasteiger charge is 2.36. The maximum absolute atomic E-state index is 13.8. The molecule has 1 aromatic rings. The summed E-state index contributed by atoms with van der Waals surface area (Å²) < 4.78 is 78.3. The Morgan fingerprint density at radius 1 is 1.04 bits per heavy atom. The van der Waals surface area contributed by atoms with Gasteiger partial charge in [0.1, 0.15) is 5.82 Å². The van der Waals surface area contributed by atoms with E-state index in [1.807, 2.05) is 0 Å². The summed E-state index contributed by atoms with van der Waals surface area (Å²) in [5.74, 6) is -1.05. The molecule has 1 N–H and O–H groups in total. The van der Waals surface area contributed by atoms with Crippen molar-refractivity contribution in [1.29, 1.82) is 0 Å². The molecule has 134 valence electrons. The smallest absolute Gasteiger partial charge is 0.314 e. The number of hydrogen-bond donors (Lipinski definition) is 1. The second kappa shape index (κ2) is 8.96. The van der Waals surface area contributed by atoms with Crippen molar-refractivity contribution in [2.75, 3.05) is 26.2 Å². The molecule has 1 heterocycles. The first-order valence-electron chi connectivity index (χ1n) is 6.40. The molecule has 1 aliphatic heterocycles. The van der Waals surface area contributed by atoms with Crippen LogP contribution in [0, 0.1) is 5.82 Å². The van der Waals surface area contributed by atoms with E-state index < -0.39 is 35.6 Å². The second-order valence-electron chi connectivity index (χ2n) is 4.80. The highest BCUT2D eigenvalue weighted by atomic mass is 35.5. The molecule has 0 amide bonds. The lowest BCUT2D eigenvalue weighted by molar-refractivity contribution is -0.137. The van der Waals surface area contributed by atoms with Crippen LogP contribution in [0.1, 0.15) is 17.2 Å². The minimum atomic E-state index is -4.70. The Balaban J connectivity index is 0.00000242. The number of benzene rings is 1. The summed E-state index contributed by atoms with van der Waals surface area (Å²) in [4.78, 5) is 1.31. The Labute approximate surface area is 142 Å². The van der Waals surface area contributed by atoms with Gasteiger partial charge in [0, 0.05) is 31.7 Å². The first-order valence-corrected chi connectivity index (χ1v) is 6.40. The molecular weight excluding hydrogens is 369 g/mol. The molecule has 0 spiro atoms. The van der Waals surface area contributed by atoms with E-state index in [4.69, 9.17) is 0 Å². The van der Waals surface area contributed by atoms with Crippen LogP contribution in [-0.4, -0.2) is 37.5 Å². The minimum Gasteiger partial charge on any atom is -0.314 e. The van der Waals surface area contributed by atoms with E-state index in [2.05, 4.69) is 5.32 Å². The summed E-state index contributed by atoms with van der Waals surface area (Å²) in [5.41, 5.74) is -1.73. The van der Waals surface area contributed by atoms with Crippen molar-refractivity contribution >= 4 is 24.8 Å². The van der Waals surface area contributed by atoms with E-state index in [-0.39, 0.29) is 37.9 Å². The monoisotopic (exact) mass is 384 g/mol. The number of nitrogens with one attached hydrogen (secondary N) is 1. The van der Waals surface area contributed by atoms with Crippen molar-refractivity contribution in [2.45, 2.75) is 18.6 Å². The molecule has 1 saturated heterocycles. The van der Waals surface area contributed by atoms with Crippen LogP contribution in [0.5, 0.6) is 0 Å². The van der Waals surface area contributed by atoms with E-state index in [1.165, 1.54) is 4.90 Å². The molecule has 23 heavy (non-hydrogen) atoms. The second-order valence-corrected chi connectivity index (χ2v) is 4.80. The lowest BCUT2D eigenvalue weighted by atomic mass is 10.0. The van der Waals surface area contributed by atoms with E-state index in [0.717, 1.165) is 0 Å². The van der Waals surface area contributed by atoms with Gasteiger partial charge in [-0.3, -0.25) is 4.90 Å². The van der Waals surface area contributed by atoms with Crippen LogP contribution < -0.4 is 5.32 Å². The molecule has 0 unspecified atom stereocenters. The third kappa shape index (κ3) is 5.41. The van der Waals surface area contributed by atoms with Gasteiger partial charge in [-0.2, -0.15) is 13.2 Å². The van der Waals surface area contributed by atoms with Crippen molar-refractivity contribution in [1.82, 2.24) is 10.2 Å². The van der Waals surface area contributed by atoms with Gasteiger partial charge in [0.2, 0.25) is 0 Å². The summed E-state index contributed by atoms with van der Waals surface area (Å²) in [7, 11) is 0. The lowest BCUT2D eigenvalue weighted by Gasteiger charge is -2.35. The van der Waals surface area contributed by atoms with E-state index in [9.17, 15) is 26.3 Å². The van der Waals surface area contributed by atoms with Gasteiger partial charge in [-0.05, 0) is 18.2 Å². The number of piperazine rings is 1. The Morgan fingerprint density at radius 3 is 2.09 bits per heavy atom. The van der Waals surface area contributed by atoms with Crippen LogP contribution >= 0.6 is 24.8 Å². The maximum Gasteiger partial charge on any atom is 0.416 e. The van der Waals surface area contributed by atoms with Gasteiger partial charge < -0.3 is 5.32 Å². The predicted octanol–water partition coefficient (Wildman–Crippen LogP) is 3.90. The van der Waals surface area contributed by atoms with Gasteiger partial charge in [0.25, 0.3) is 6.43 Å². The first kappa shape index (κ1) is 22.3. The zero-order valence-electron chi connectivity index (χ0n) is 11.7. The topological polar surface area (TPSA) is 15.3 Å². The molecule has 1 aromatic carbocycles. The van der Waals surface area contributed by atoms with Crippen molar-refractivity contribution in [2.24, 2.45) is 0 Å². The van der Waals surface area contributed by atoms with Crippen molar-refractivity contribution in [3.63, 3.8) is 0 Å². The van der Waals surface area contributed by atoms with Gasteiger partial charge in [-0.15, -0.1) is 24.8 Å². The summed E-state index contributed by atoms with van der Waals surface area (Å²) >= 11 is 0. The molecule has 10 heteroatoms. The van der Waals surface area contributed by atoms with Crippen LogP contribution in [0.25, 0.3) is 0 Å². The zero-order valence-corrected chi connectivity index (χ0v) is 13.4. The number of rotatable bonds is 3. The Kier molecular flexibility index (Phi) is 8.69. The average molecular weight is 385 g/mol. The summed E-state index contributed by atoms with van der Waals surface area (Å²) in [6.07, 6.45) is -7.67. The fraction of sp³-hybridized carbons (Fsp3) is 0.538. The SMILES string of the molecule is Cl.Cl.Fc1ccc(C(F)(F)F)cc1[C@H](C(F)F)N1CCNCC1. The van der Waals surface area contributed by atoms with Crippen molar-refractivity contribution in [3.8, 4) is 0 Å². The molecular formula is C13H16Cl2F6N2. The molecule has 0 aliphatic carbocycles. The van der Waals surface area contributed by atoms with Crippen molar-refractivity contribution < 1.29 is 26.3 Å². The predicted molar refractivity (Wildman–Crippen MR) is 79.1 cm³/mol. The third-order valence-electron chi connectivity index (χ3n) is 3.43. The molecule has 1 fully saturated rings. The van der Waals surface area contributed by atoms with Gasteiger partial charge >= 0.3 is 6.18 Å². The summed E-state index contributed by atoms with van der Waals surface area (Å²) in [5, 5.41) is 2.95. The number of halogens is 8. The Bertz CT molecular complexity index is 492. The largest absolute Gasteiger partial charge is 0.416 e. The summed E-state index contributed by atoms with van der Waals surface area (Å²) in [6, 6.07) is -0.0438. The molecule has 1 aliphatic rings. The third-order valence-corrected chi connectivity index (χ3v) is 3.43. The van der Waals surface area contributed by atoms with Gasteiger partial charge in [0.05, 0.1) is 11.6 Å². The van der Waals surface area contributed by atoms with E-state index >= 15 is 0 Å². The van der Waals surface area contributed by atoms with E-state index in [0.29, 0.717) is 31.3 Å². The normalized spacial score (nSPS) is 17.3. The van der Waals surface area contributed by atoms with Gasteiger partial charge in [-0.1, -0.05) is 0 Å². The highest BCUT2D eigenvalue weighted by Crippen LogP contribution is 2.35. The molecule has 1 atom stereocenters. The quantitative estimate of drug-likeness (QED) is 0.795. The number of nitrogens with zero attached hydrogens (tertiary/aromatic N) is 1. The molecule has 2 rings (SSSR count). The molecule has 2 nitrogen and oxygen atoms in total. The van der Waals surface area contributed by atoms with Crippen molar-refractivity contribution in [3.05, 3.63) is 35.1 Å². The fourth-order valence-corrected chi connectivity index (χ4v) is 2.40. The molecule has 0 aromatic heterocycles. The fourth-order valence-electron chi connectivity index (χ4n) is 2.40. The van der Waals surface area contributed by atoms with Crippen LogP contribution in [0.3, 0.4) is 0 Å². The van der Waals surface area contributed by atoms with Crippen LogP contribution in [0.15, 0.2) is 18.2 Å². The Morgan fingerprint density at radius 2 is 1.61 bits per heavy atom. The van der Waals surface area contributed by atoms with E-state index in [1.54, 1.807) is 0 Å². The molecule has 0 saturated carbocycles. The molecule has 0 bridgehead atoms. The van der Waals surface area contributed by atoms with Gasteiger partial charge in [0.15, 0.2) is 0 Å². The minimum absolute atomic E-state index is 0. The maximum atomic E-state index is 13.8. The summed E-state index contributed by atoms with van der Waals surface area (Å²) in [6.45, 7) is 1.32. The van der Waals surface area contributed by atoms with Crippen LogP contribution in [0.4, 0.5) is 26.3 Å². The molecule has 0 radical (unpaired) electrons. The van der Waals surface area contributed by atoms with Gasteiger partial charge in [-0.25, -0.2) is 13.2 Å². The first-order chi connectivity index (χ1) is 9.80. The average Bonchev–Trinajstić information content (AvgIpc) is 2.40. The Hall–Kier alpha value is -0.700. The lowest BCUT2D eigenvalue weighted by Crippen LogP contribution is -2.47. The van der Waals surface area contributed by atoms with Crippen LogP contribution in [-0.2, 0) is 6.18 Å². The zero-order chi connectivity index (χ0) is 15.6. The van der Waals surface area contributed by atoms with Crippen LogP contribution in [0.2, 0.25) is 0 Å².